The largest absolute Gasteiger partial charge is 0.383 e. The molecule has 0 bridgehead atoms. The Labute approximate surface area is 132 Å². The summed E-state index contributed by atoms with van der Waals surface area (Å²) in [5.41, 5.74) is 0.649. The highest BCUT2D eigenvalue weighted by Crippen LogP contribution is 2.21. The molecular formula is C12H14Br3NO2. The Morgan fingerprint density at radius 2 is 1.89 bits per heavy atom. The molecule has 1 atom stereocenters. The van der Waals surface area contributed by atoms with Gasteiger partial charge in [-0.3, -0.25) is 4.79 Å². The van der Waals surface area contributed by atoms with Gasteiger partial charge in [0.25, 0.3) is 5.91 Å². The molecule has 1 unspecified atom stereocenters. The van der Waals surface area contributed by atoms with Crippen molar-refractivity contribution in [1.82, 2.24) is 4.90 Å². The molecule has 6 heteroatoms. The molecule has 1 rings (SSSR count). The van der Waals surface area contributed by atoms with Crippen molar-refractivity contribution < 1.29 is 9.53 Å². The zero-order chi connectivity index (χ0) is 13.7. The molecule has 1 aromatic rings. The predicted octanol–water partition coefficient (Wildman–Crippen LogP) is 3.69. The summed E-state index contributed by atoms with van der Waals surface area (Å²) in [6, 6.07) is 5.52. The van der Waals surface area contributed by atoms with Crippen LogP contribution in [0.25, 0.3) is 0 Å². The zero-order valence-electron chi connectivity index (χ0n) is 10.1. The van der Waals surface area contributed by atoms with Gasteiger partial charge in [0.1, 0.15) is 0 Å². The maximum absolute atomic E-state index is 12.2. The molecule has 0 radical (unpaired) electrons. The summed E-state index contributed by atoms with van der Waals surface area (Å²) < 4.78 is 6.78. The van der Waals surface area contributed by atoms with E-state index in [0.29, 0.717) is 18.7 Å². The van der Waals surface area contributed by atoms with Gasteiger partial charge in [-0.2, -0.15) is 0 Å². The summed E-state index contributed by atoms with van der Waals surface area (Å²) >= 11 is 10.2. The van der Waals surface area contributed by atoms with E-state index in [1.807, 2.05) is 18.2 Å². The van der Waals surface area contributed by atoms with Crippen molar-refractivity contribution >= 4 is 53.7 Å². The van der Waals surface area contributed by atoms with Crippen LogP contribution in [-0.4, -0.2) is 42.9 Å². The van der Waals surface area contributed by atoms with E-state index >= 15 is 0 Å². The number of methoxy groups -OCH3 is 1. The minimum Gasteiger partial charge on any atom is -0.383 e. The predicted molar refractivity (Wildman–Crippen MR) is 83.4 cm³/mol. The van der Waals surface area contributed by atoms with E-state index in [2.05, 4.69) is 47.8 Å². The molecule has 1 aromatic carbocycles. The Bertz CT molecular complexity index is 406. The average Bonchev–Trinajstić information content (AvgIpc) is 2.26. The smallest absolute Gasteiger partial charge is 0.253 e. The van der Waals surface area contributed by atoms with Crippen molar-refractivity contribution in [2.24, 2.45) is 0 Å². The average molecular weight is 444 g/mol. The minimum absolute atomic E-state index is 0.0162. The molecule has 0 aliphatic rings. The second kappa shape index (κ2) is 7.62. The van der Waals surface area contributed by atoms with E-state index in [-0.39, 0.29) is 10.7 Å². The number of carbonyl (C=O) groups excluding carboxylic acids is 1. The third kappa shape index (κ3) is 4.99. The van der Waals surface area contributed by atoms with Gasteiger partial charge in [-0.25, -0.2) is 0 Å². The molecule has 0 spiro atoms. The lowest BCUT2D eigenvalue weighted by molar-refractivity contribution is 0.0784. The van der Waals surface area contributed by atoms with E-state index in [4.69, 9.17) is 4.74 Å². The van der Waals surface area contributed by atoms with E-state index in [0.717, 1.165) is 8.95 Å². The number of rotatable bonds is 5. The molecule has 0 saturated carbocycles. The van der Waals surface area contributed by atoms with Crippen molar-refractivity contribution in [3.8, 4) is 0 Å². The number of hydrogen-bond acceptors (Lipinski definition) is 2. The SMILES string of the molecule is COCC(Br)CN(C)C(=O)c1cc(Br)cc(Br)c1. The lowest BCUT2D eigenvalue weighted by atomic mass is 10.2. The van der Waals surface area contributed by atoms with Crippen LogP contribution in [0.1, 0.15) is 10.4 Å². The van der Waals surface area contributed by atoms with Gasteiger partial charge in [-0.05, 0) is 18.2 Å². The van der Waals surface area contributed by atoms with Crippen molar-refractivity contribution in [2.45, 2.75) is 4.83 Å². The highest BCUT2D eigenvalue weighted by molar-refractivity contribution is 9.11. The fraction of sp³-hybridized carbons (Fsp3) is 0.417. The first kappa shape index (κ1) is 16.1. The molecule has 0 aliphatic heterocycles. The summed E-state index contributed by atoms with van der Waals surface area (Å²) in [4.78, 5) is 14.0. The normalized spacial score (nSPS) is 12.3. The molecule has 0 aliphatic carbocycles. The number of benzene rings is 1. The van der Waals surface area contributed by atoms with Crippen LogP contribution in [0.15, 0.2) is 27.1 Å². The molecule has 0 heterocycles. The summed E-state index contributed by atoms with van der Waals surface area (Å²) in [7, 11) is 3.42. The van der Waals surface area contributed by atoms with Gasteiger partial charge in [-0.1, -0.05) is 47.8 Å². The van der Waals surface area contributed by atoms with Crippen LogP contribution in [-0.2, 0) is 4.74 Å². The second-order valence-corrected chi connectivity index (χ2v) is 7.02. The van der Waals surface area contributed by atoms with Crippen LogP contribution in [0, 0.1) is 0 Å². The Balaban J connectivity index is 2.74. The molecule has 0 fully saturated rings. The second-order valence-electron chi connectivity index (χ2n) is 3.90. The lowest BCUT2D eigenvalue weighted by Crippen LogP contribution is -2.33. The summed E-state index contributed by atoms with van der Waals surface area (Å²) in [6.07, 6.45) is 0. The van der Waals surface area contributed by atoms with Crippen molar-refractivity contribution in [2.75, 3.05) is 27.3 Å². The van der Waals surface area contributed by atoms with Crippen LogP contribution >= 0.6 is 47.8 Å². The topological polar surface area (TPSA) is 29.5 Å². The van der Waals surface area contributed by atoms with Crippen LogP contribution in [0.2, 0.25) is 0 Å². The Kier molecular flexibility index (Phi) is 6.84. The molecule has 100 valence electrons. The van der Waals surface area contributed by atoms with E-state index in [1.54, 1.807) is 19.1 Å². The number of amides is 1. The Morgan fingerprint density at radius 3 is 2.39 bits per heavy atom. The molecule has 0 N–H and O–H groups in total. The van der Waals surface area contributed by atoms with Gasteiger partial charge in [-0.15, -0.1) is 0 Å². The van der Waals surface area contributed by atoms with Gasteiger partial charge >= 0.3 is 0 Å². The number of alkyl halides is 1. The Morgan fingerprint density at radius 1 is 1.33 bits per heavy atom. The summed E-state index contributed by atoms with van der Waals surface area (Å²) in [5.74, 6) is -0.0162. The molecule has 0 aromatic heterocycles. The first-order valence-electron chi connectivity index (χ1n) is 5.28. The molecule has 3 nitrogen and oxygen atoms in total. The lowest BCUT2D eigenvalue weighted by Gasteiger charge is -2.20. The number of ether oxygens (including phenoxy) is 1. The molecular weight excluding hydrogens is 430 g/mol. The quantitative estimate of drug-likeness (QED) is 0.649. The third-order valence-corrected chi connectivity index (χ3v) is 3.75. The first-order chi connectivity index (χ1) is 8.43. The van der Waals surface area contributed by atoms with Crippen molar-refractivity contribution in [3.05, 3.63) is 32.7 Å². The fourth-order valence-corrected chi connectivity index (χ4v) is 3.50. The van der Waals surface area contributed by atoms with Crippen LogP contribution in [0.3, 0.4) is 0 Å². The molecule has 18 heavy (non-hydrogen) atoms. The van der Waals surface area contributed by atoms with E-state index in [9.17, 15) is 4.79 Å². The Hall–Kier alpha value is 0.0900. The third-order valence-electron chi connectivity index (χ3n) is 2.28. The van der Waals surface area contributed by atoms with Gasteiger partial charge in [0.05, 0.1) is 11.4 Å². The minimum atomic E-state index is -0.0162. The van der Waals surface area contributed by atoms with Crippen LogP contribution in [0.4, 0.5) is 0 Å². The molecule has 0 saturated heterocycles. The van der Waals surface area contributed by atoms with Gasteiger partial charge in [0, 0.05) is 35.2 Å². The zero-order valence-corrected chi connectivity index (χ0v) is 14.9. The van der Waals surface area contributed by atoms with E-state index < -0.39 is 0 Å². The van der Waals surface area contributed by atoms with Gasteiger partial charge < -0.3 is 9.64 Å². The number of carbonyl (C=O) groups is 1. The maximum Gasteiger partial charge on any atom is 0.253 e. The van der Waals surface area contributed by atoms with Crippen LogP contribution in [0.5, 0.6) is 0 Å². The monoisotopic (exact) mass is 441 g/mol. The highest BCUT2D eigenvalue weighted by atomic mass is 79.9. The van der Waals surface area contributed by atoms with Crippen molar-refractivity contribution in [1.29, 1.82) is 0 Å². The standard InChI is InChI=1S/C12H14Br3NO2/c1-16(6-11(15)7-18-2)12(17)8-3-9(13)5-10(14)4-8/h3-5,11H,6-7H2,1-2H3. The van der Waals surface area contributed by atoms with Crippen molar-refractivity contribution in [3.63, 3.8) is 0 Å². The number of halogens is 3. The molecule has 1 amide bonds. The van der Waals surface area contributed by atoms with Gasteiger partial charge in [0.15, 0.2) is 0 Å². The summed E-state index contributed by atoms with van der Waals surface area (Å²) in [6.45, 7) is 1.16. The summed E-state index contributed by atoms with van der Waals surface area (Å²) in [5, 5.41) is 0. The maximum atomic E-state index is 12.2. The number of hydrogen-bond donors (Lipinski definition) is 0. The van der Waals surface area contributed by atoms with E-state index in [1.165, 1.54) is 0 Å². The van der Waals surface area contributed by atoms with Crippen LogP contribution < -0.4 is 0 Å². The number of nitrogens with zero attached hydrogens (tertiary/aromatic N) is 1. The fourth-order valence-electron chi connectivity index (χ4n) is 1.51. The highest BCUT2D eigenvalue weighted by Gasteiger charge is 2.16. The first-order valence-corrected chi connectivity index (χ1v) is 7.78. The van der Waals surface area contributed by atoms with Gasteiger partial charge in [0.2, 0.25) is 0 Å².